The van der Waals surface area contributed by atoms with Crippen LogP contribution < -0.4 is 0 Å². The maximum atomic E-state index is 12.1. The largest absolute Gasteiger partial charge is 0.490 e. The summed E-state index contributed by atoms with van der Waals surface area (Å²) in [6, 6.07) is 4.99. The minimum Gasteiger partial charge on any atom is -0.490 e. The Morgan fingerprint density at radius 1 is 1.25 bits per heavy atom. The maximum Gasteiger partial charge on any atom is 0.230 e. The van der Waals surface area contributed by atoms with Crippen LogP contribution in [0.5, 0.6) is 0 Å². The van der Waals surface area contributed by atoms with Crippen molar-refractivity contribution in [3.8, 4) is 0 Å². The van der Waals surface area contributed by atoms with E-state index < -0.39 is 0 Å². The number of hydrogen-bond acceptors (Lipinski definition) is 2. The molecule has 0 spiro atoms. The van der Waals surface area contributed by atoms with Gasteiger partial charge in [0.1, 0.15) is 0 Å². The van der Waals surface area contributed by atoms with Crippen molar-refractivity contribution in [1.29, 1.82) is 0 Å². The van der Waals surface area contributed by atoms with Crippen LogP contribution in [-0.2, 0) is 4.74 Å². The van der Waals surface area contributed by atoms with E-state index in [1.54, 1.807) is 24.3 Å². The minimum atomic E-state index is -0.240. The number of benzene rings is 1. The van der Waals surface area contributed by atoms with Gasteiger partial charge in [0.2, 0.25) is 5.78 Å². The third-order valence-electron chi connectivity index (χ3n) is 2.35. The molecule has 84 valence electrons. The Hall–Kier alpha value is -0.990. The molecule has 0 unspecified atom stereocenters. The molecule has 1 aromatic carbocycles. The summed E-state index contributed by atoms with van der Waals surface area (Å²) in [5, 5.41) is 0.708. The molecule has 0 saturated carbocycles. The Labute approximate surface area is 104 Å². The number of Topliss-reactive ketones (excluding diaryl/α,β-unsaturated/α-hetero) is 1. The Bertz CT molecular complexity index is 432. The van der Waals surface area contributed by atoms with E-state index in [0.29, 0.717) is 28.0 Å². The molecule has 1 heterocycles. The second-order valence-corrected chi connectivity index (χ2v) is 4.30. The summed E-state index contributed by atoms with van der Waals surface area (Å²) < 4.78 is 5.30. The Balaban J connectivity index is 2.37. The molecule has 0 amide bonds. The number of rotatable bonds is 2. The highest BCUT2D eigenvalue weighted by Crippen LogP contribution is 2.28. The average Bonchev–Trinajstić information content (AvgIpc) is 2.30. The maximum absolute atomic E-state index is 12.1. The van der Waals surface area contributed by atoms with Crippen LogP contribution in [0.25, 0.3) is 0 Å². The molecule has 0 saturated heterocycles. The molecule has 4 heteroatoms. The van der Waals surface area contributed by atoms with Gasteiger partial charge in [0, 0.05) is 0 Å². The van der Waals surface area contributed by atoms with Gasteiger partial charge >= 0.3 is 0 Å². The summed E-state index contributed by atoms with van der Waals surface area (Å²) in [6.07, 6.45) is 3.57. The van der Waals surface area contributed by atoms with Crippen LogP contribution in [0, 0.1) is 0 Å². The number of hydrogen-bond donors (Lipinski definition) is 0. The van der Waals surface area contributed by atoms with Crippen LogP contribution in [0.3, 0.4) is 0 Å². The van der Waals surface area contributed by atoms with Crippen molar-refractivity contribution in [3.63, 3.8) is 0 Å². The second kappa shape index (κ2) is 4.89. The quantitative estimate of drug-likeness (QED) is 0.751. The standard InChI is InChI=1S/C12H10Cl2O2/c13-8-4-3-5-9(14)11(8)12(15)10-6-1-2-7-16-10/h3-6H,1-2,7H2. The molecule has 0 N–H and O–H groups in total. The van der Waals surface area contributed by atoms with Crippen molar-refractivity contribution in [1.82, 2.24) is 0 Å². The van der Waals surface area contributed by atoms with Gasteiger partial charge in [-0.2, -0.15) is 0 Å². The van der Waals surface area contributed by atoms with Gasteiger partial charge < -0.3 is 4.74 Å². The van der Waals surface area contributed by atoms with Gasteiger partial charge in [0.15, 0.2) is 5.76 Å². The van der Waals surface area contributed by atoms with Crippen molar-refractivity contribution in [2.75, 3.05) is 6.61 Å². The molecule has 0 bridgehead atoms. The molecular formula is C12H10Cl2O2. The van der Waals surface area contributed by atoms with Crippen LogP contribution >= 0.6 is 23.2 Å². The third-order valence-corrected chi connectivity index (χ3v) is 2.98. The van der Waals surface area contributed by atoms with Gasteiger partial charge in [-0.3, -0.25) is 4.79 Å². The molecule has 0 aliphatic carbocycles. The van der Waals surface area contributed by atoms with Crippen molar-refractivity contribution < 1.29 is 9.53 Å². The molecule has 0 aromatic heterocycles. The highest BCUT2D eigenvalue weighted by molar-refractivity contribution is 6.40. The molecule has 0 fully saturated rings. The smallest absolute Gasteiger partial charge is 0.230 e. The van der Waals surface area contributed by atoms with Crippen LogP contribution in [0.1, 0.15) is 23.2 Å². The predicted octanol–water partition coefficient (Wildman–Crippen LogP) is 3.87. The fraction of sp³-hybridized carbons (Fsp3) is 0.250. The summed E-state index contributed by atoms with van der Waals surface area (Å²) >= 11 is 11.9. The lowest BCUT2D eigenvalue weighted by atomic mass is 10.1. The zero-order chi connectivity index (χ0) is 11.5. The lowest BCUT2D eigenvalue weighted by Gasteiger charge is -2.14. The molecule has 1 aromatic rings. The van der Waals surface area contributed by atoms with E-state index in [1.807, 2.05) is 0 Å². The van der Waals surface area contributed by atoms with Gasteiger partial charge in [-0.15, -0.1) is 0 Å². The second-order valence-electron chi connectivity index (χ2n) is 3.48. The number of carbonyl (C=O) groups is 1. The van der Waals surface area contributed by atoms with Crippen molar-refractivity contribution >= 4 is 29.0 Å². The molecule has 1 aliphatic rings. The predicted molar refractivity (Wildman–Crippen MR) is 64.1 cm³/mol. The highest BCUT2D eigenvalue weighted by Gasteiger charge is 2.21. The van der Waals surface area contributed by atoms with Gasteiger partial charge in [-0.25, -0.2) is 0 Å². The highest BCUT2D eigenvalue weighted by atomic mass is 35.5. The summed E-state index contributed by atoms with van der Waals surface area (Å²) in [7, 11) is 0. The first-order chi connectivity index (χ1) is 7.70. The third kappa shape index (κ3) is 2.23. The van der Waals surface area contributed by atoms with Gasteiger partial charge in [0.25, 0.3) is 0 Å². The number of ether oxygens (including phenoxy) is 1. The zero-order valence-electron chi connectivity index (χ0n) is 8.50. The molecular weight excluding hydrogens is 247 g/mol. The Morgan fingerprint density at radius 3 is 2.50 bits per heavy atom. The molecule has 0 radical (unpaired) electrons. The molecule has 2 nitrogen and oxygen atoms in total. The summed E-state index contributed by atoms with van der Waals surface area (Å²) in [4.78, 5) is 12.1. The van der Waals surface area contributed by atoms with Crippen molar-refractivity contribution in [2.24, 2.45) is 0 Å². The normalized spacial score (nSPS) is 15.2. The topological polar surface area (TPSA) is 26.3 Å². The van der Waals surface area contributed by atoms with Crippen LogP contribution in [-0.4, -0.2) is 12.4 Å². The van der Waals surface area contributed by atoms with Gasteiger partial charge in [0.05, 0.1) is 22.2 Å². The lowest BCUT2D eigenvalue weighted by molar-refractivity contribution is 0.0899. The summed E-state index contributed by atoms with van der Waals surface area (Å²) in [5.74, 6) is 0.108. The van der Waals surface area contributed by atoms with E-state index >= 15 is 0 Å². The average molecular weight is 257 g/mol. The van der Waals surface area contributed by atoms with Gasteiger partial charge in [-0.05, 0) is 31.1 Å². The fourth-order valence-corrected chi connectivity index (χ4v) is 2.12. The van der Waals surface area contributed by atoms with Crippen molar-refractivity contribution in [3.05, 3.63) is 45.6 Å². The number of allylic oxidation sites excluding steroid dienone is 2. The SMILES string of the molecule is O=C(C1=CCCCO1)c1c(Cl)cccc1Cl. The zero-order valence-corrected chi connectivity index (χ0v) is 10.0. The van der Waals surface area contributed by atoms with Crippen LogP contribution in [0.2, 0.25) is 10.0 Å². The van der Waals surface area contributed by atoms with E-state index in [4.69, 9.17) is 27.9 Å². The van der Waals surface area contributed by atoms with Crippen LogP contribution in [0.15, 0.2) is 30.0 Å². The molecule has 16 heavy (non-hydrogen) atoms. The summed E-state index contributed by atoms with van der Waals surface area (Å²) in [6.45, 7) is 0.569. The Kier molecular flexibility index (Phi) is 3.52. The van der Waals surface area contributed by atoms with Crippen LogP contribution in [0.4, 0.5) is 0 Å². The number of halogens is 2. The Morgan fingerprint density at radius 2 is 1.94 bits per heavy atom. The summed E-state index contributed by atoms with van der Waals surface area (Å²) in [5.41, 5.74) is 0.319. The number of carbonyl (C=O) groups excluding carboxylic acids is 1. The van der Waals surface area contributed by atoms with E-state index in [-0.39, 0.29) is 5.78 Å². The first-order valence-corrected chi connectivity index (χ1v) is 5.77. The lowest BCUT2D eigenvalue weighted by Crippen LogP contribution is -2.12. The fourth-order valence-electron chi connectivity index (χ4n) is 1.55. The first-order valence-electron chi connectivity index (χ1n) is 5.02. The molecule has 0 atom stereocenters. The monoisotopic (exact) mass is 256 g/mol. The van der Waals surface area contributed by atoms with E-state index in [9.17, 15) is 4.79 Å². The number of ketones is 1. The van der Waals surface area contributed by atoms with E-state index in [0.717, 1.165) is 12.8 Å². The first kappa shape index (κ1) is 11.5. The van der Waals surface area contributed by atoms with Gasteiger partial charge in [-0.1, -0.05) is 29.3 Å². The van der Waals surface area contributed by atoms with E-state index in [2.05, 4.69) is 0 Å². The molecule has 1 aliphatic heterocycles. The van der Waals surface area contributed by atoms with Crippen molar-refractivity contribution in [2.45, 2.75) is 12.8 Å². The molecule has 2 rings (SSSR count). The van der Waals surface area contributed by atoms with E-state index in [1.165, 1.54) is 0 Å². The minimum absolute atomic E-state index is 0.240.